The number of hydrogen-bond acceptors (Lipinski definition) is 2. The van der Waals surface area contributed by atoms with E-state index in [-0.39, 0.29) is 30.4 Å². The molecule has 0 radical (unpaired) electrons. The van der Waals surface area contributed by atoms with Crippen LogP contribution in [0.4, 0.5) is 5.69 Å². The van der Waals surface area contributed by atoms with Crippen molar-refractivity contribution in [1.29, 1.82) is 0 Å². The highest BCUT2D eigenvalue weighted by Gasteiger charge is 2.18. The molecule has 1 aromatic rings. The van der Waals surface area contributed by atoms with Crippen molar-refractivity contribution < 1.29 is 14.5 Å². The predicted molar refractivity (Wildman–Crippen MR) is 92.3 cm³/mol. The molecule has 0 aliphatic rings. The molecular formula is C15H23IN3O2+. The van der Waals surface area contributed by atoms with Crippen LogP contribution in [-0.2, 0) is 9.59 Å². The largest absolute Gasteiger partial charge is 0.347 e. The van der Waals surface area contributed by atoms with E-state index in [1.54, 1.807) is 0 Å². The molecule has 116 valence electrons. The average Bonchev–Trinajstić information content (AvgIpc) is 2.24. The minimum absolute atomic E-state index is 0.0536. The van der Waals surface area contributed by atoms with Crippen molar-refractivity contribution >= 4 is 40.1 Å². The summed E-state index contributed by atoms with van der Waals surface area (Å²) in [5, 5.41) is 5.73. The van der Waals surface area contributed by atoms with Crippen molar-refractivity contribution in [2.24, 2.45) is 0 Å². The summed E-state index contributed by atoms with van der Waals surface area (Å²) < 4.78 is 1.07. The quantitative estimate of drug-likeness (QED) is 0.632. The minimum atomic E-state index is -0.250. The number of quaternary nitrogens is 1. The van der Waals surface area contributed by atoms with Gasteiger partial charge in [0.05, 0.1) is 7.05 Å². The third-order valence-electron chi connectivity index (χ3n) is 2.55. The van der Waals surface area contributed by atoms with Crippen molar-refractivity contribution in [2.75, 3.05) is 25.5 Å². The van der Waals surface area contributed by atoms with Crippen LogP contribution < -0.4 is 15.5 Å². The topological polar surface area (TPSA) is 62.6 Å². The van der Waals surface area contributed by atoms with Gasteiger partial charge in [0.25, 0.3) is 11.8 Å². The zero-order valence-electron chi connectivity index (χ0n) is 12.9. The third kappa shape index (κ3) is 8.01. The second kappa shape index (κ2) is 7.74. The molecule has 5 nitrogen and oxygen atoms in total. The van der Waals surface area contributed by atoms with Gasteiger partial charge in [-0.3, -0.25) is 9.59 Å². The molecule has 1 aromatic carbocycles. The van der Waals surface area contributed by atoms with Crippen molar-refractivity contribution in [3.05, 3.63) is 27.8 Å². The van der Waals surface area contributed by atoms with Crippen LogP contribution in [0.25, 0.3) is 0 Å². The predicted octanol–water partition coefficient (Wildman–Crippen LogP) is 0.659. The van der Waals surface area contributed by atoms with Gasteiger partial charge in [0, 0.05) is 14.8 Å². The lowest BCUT2D eigenvalue weighted by Crippen LogP contribution is -3.11. The van der Waals surface area contributed by atoms with Crippen LogP contribution in [0.2, 0.25) is 0 Å². The summed E-state index contributed by atoms with van der Waals surface area (Å²) >= 11 is 2.20. The SMILES string of the molecule is C[NH+](CC(=O)Nc1cccc(I)c1)CC(=O)NC(C)(C)C. The molecule has 0 saturated carbocycles. The zero-order chi connectivity index (χ0) is 16.0. The number of hydrogen-bond donors (Lipinski definition) is 3. The lowest BCUT2D eigenvalue weighted by atomic mass is 10.1. The monoisotopic (exact) mass is 404 g/mol. The molecule has 0 spiro atoms. The standard InChI is InChI=1S/C15H22IN3O2/c1-15(2,3)18-14(21)10-19(4)9-13(20)17-12-7-5-6-11(16)8-12/h5-8H,9-10H2,1-4H3,(H,17,20)(H,18,21)/p+1. The summed E-state index contributed by atoms with van der Waals surface area (Å²) in [6, 6.07) is 7.61. The maximum Gasteiger partial charge on any atom is 0.279 e. The van der Waals surface area contributed by atoms with E-state index in [4.69, 9.17) is 0 Å². The summed E-state index contributed by atoms with van der Waals surface area (Å²) in [4.78, 5) is 24.6. The molecule has 1 atom stereocenters. The van der Waals surface area contributed by atoms with E-state index >= 15 is 0 Å². The van der Waals surface area contributed by atoms with Gasteiger partial charge in [-0.05, 0) is 61.6 Å². The van der Waals surface area contributed by atoms with Crippen LogP contribution in [0.5, 0.6) is 0 Å². The number of carbonyl (C=O) groups excluding carboxylic acids is 2. The molecule has 1 unspecified atom stereocenters. The Bertz CT molecular complexity index is 512. The highest BCUT2D eigenvalue weighted by Crippen LogP contribution is 2.11. The minimum Gasteiger partial charge on any atom is -0.347 e. The second-order valence-electron chi connectivity index (χ2n) is 6.17. The first-order valence-electron chi connectivity index (χ1n) is 6.83. The van der Waals surface area contributed by atoms with Crippen LogP contribution >= 0.6 is 22.6 Å². The van der Waals surface area contributed by atoms with E-state index in [2.05, 4.69) is 33.2 Å². The molecular weight excluding hydrogens is 381 g/mol. The Morgan fingerprint density at radius 3 is 2.38 bits per heavy atom. The molecule has 6 heteroatoms. The van der Waals surface area contributed by atoms with Crippen molar-refractivity contribution in [3.8, 4) is 0 Å². The molecule has 3 N–H and O–H groups in total. The summed E-state index contributed by atoms with van der Waals surface area (Å²) in [7, 11) is 1.83. The number of nitrogens with one attached hydrogen (secondary N) is 3. The third-order valence-corrected chi connectivity index (χ3v) is 3.22. The van der Waals surface area contributed by atoms with Crippen LogP contribution in [0, 0.1) is 3.57 Å². The van der Waals surface area contributed by atoms with Gasteiger partial charge in [0.2, 0.25) is 0 Å². The fourth-order valence-electron chi connectivity index (χ4n) is 1.84. The highest BCUT2D eigenvalue weighted by molar-refractivity contribution is 14.1. The first-order valence-corrected chi connectivity index (χ1v) is 7.91. The van der Waals surface area contributed by atoms with Gasteiger partial charge in [0.1, 0.15) is 0 Å². The maximum atomic E-state index is 11.9. The first-order chi connectivity index (χ1) is 9.65. The lowest BCUT2D eigenvalue weighted by Gasteiger charge is -2.21. The summed E-state index contributed by atoms with van der Waals surface area (Å²) in [5.74, 6) is -0.153. The molecule has 0 aliphatic carbocycles. The van der Waals surface area contributed by atoms with Crippen LogP contribution in [-0.4, -0.2) is 37.5 Å². The van der Waals surface area contributed by atoms with Crippen molar-refractivity contribution in [1.82, 2.24) is 5.32 Å². The Balaban J connectivity index is 2.42. The number of benzene rings is 1. The van der Waals surface area contributed by atoms with Gasteiger partial charge in [0.15, 0.2) is 13.1 Å². The number of rotatable bonds is 5. The van der Waals surface area contributed by atoms with Crippen LogP contribution in [0.15, 0.2) is 24.3 Å². The van der Waals surface area contributed by atoms with E-state index in [1.165, 1.54) is 0 Å². The average molecular weight is 404 g/mol. The van der Waals surface area contributed by atoms with Gasteiger partial charge < -0.3 is 15.5 Å². The van der Waals surface area contributed by atoms with Crippen molar-refractivity contribution in [3.63, 3.8) is 0 Å². The second-order valence-corrected chi connectivity index (χ2v) is 7.41. The number of amides is 2. The molecule has 0 heterocycles. The number of carbonyl (C=O) groups is 2. The summed E-state index contributed by atoms with van der Waals surface area (Å²) in [6.45, 7) is 6.33. The van der Waals surface area contributed by atoms with Crippen LogP contribution in [0.3, 0.4) is 0 Å². The zero-order valence-corrected chi connectivity index (χ0v) is 15.1. The van der Waals surface area contributed by atoms with E-state index in [1.807, 2.05) is 52.1 Å². The molecule has 0 fully saturated rings. The number of likely N-dealkylation sites (N-methyl/N-ethyl adjacent to an activating group) is 1. The molecule has 2 amide bonds. The normalized spacial score (nSPS) is 12.6. The smallest absolute Gasteiger partial charge is 0.279 e. The highest BCUT2D eigenvalue weighted by atomic mass is 127. The molecule has 0 bridgehead atoms. The molecule has 0 aromatic heterocycles. The lowest BCUT2D eigenvalue weighted by molar-refractivity contribution is -0.862. The molecule has 1 rings (SSSR count). The number of halogens is 1. The number of anilines is 1. The van der Waals surface area contributed by atoms with Gasteiger partial charge in [-0.25, -0.2) is 0 Å². The van der Waals surface area contributed by atoms with Gasteiger partial charge >= 0.3 is 0 Å². The molecule has 0 aliphatic heterocycles. The Morgan fingerprint density at radius 2 is 1.81 bits per heavy atom. The van der Waals surface area contributed by atoms with E-state index in [0.717, 1.165) is 14.2 Å². The Kier molecular flexibility index (Phi) is 6.60. The van der Waals surface area contributed by atoms with Crippen LogP contribution in [0.1, 0.15) is 20.8 Å². The van der Waals surface area contributed by atoms with Gasteiger partial charge in [-0.1, -0.05) is 6.07 Å². The maximum absolute atomic E-state index is 11.9. The Morgan fingerprint density at radius 1 is 1.19 bits per heavy atom. The summed E-state index contributed by atoms with van der Waals surface area (Å²) in [6.07, 6.45) is 0. The van der Waals surface area contributed by atoms with Gasteiger partial charge in [-0.2, -0.15) is 0 Å². The van der Waals surface area contributed by atoms with E-state index in [0.29, 0.717) is 0 Å². The Labute approximate surface area is 139 Å². The molecule has 21 heavy (non-hydrogen) atoms. The van der Waals surface area contributed by atoms with Gasteiger partial charge in [-0.15, -0.1) is 0 Å². The van der Waals surface area contributed by atoms with E-state index in [9.17, 15) is 9.59 Å². The first kappa shape index (κ1) is 17.9. The van der Waals surface area contributed by atoms with E-state index < -0.39 is 0 Å². The van der Waals surface area contributed by atoms with Crippen molar-refractivity contribution in [2.45, 2.75) is 26.3 Å². The molecule has 0 saturated heterocycles. The fourth-order valence-corrected chi connectivity index (χ4v) is 2.39. The Hall–Kier alpha value is -1.15. The summed E-state index contributed by atoms with van der Waals surface area (Å²) in [5.41, 5.74) is 0.527. The fraction of sp³-hybridized carbons (Fsp3) is 0.467.